The van der Waals surface area contributed by atoms with Crippen LogP contribution in [0.4, 0.5) is 13.2 Å². The molecule has 6 heteroatoms. The number of alkyl halides is 3. The van der Waals surface area contributed by atoms with Crippen molar-refractivity contribution in [3.8, 4) is 5.88 Å². The van der Waals surface area contributed by atoms with Crippen LogP contribution in [0, 0.1) is 6.92 Å². The molecule has 1 rings (SSSR count). The Morgan fingerprint density at radius 2 is 2.06 bits per heavy atom. The number of pyridine rings is 1. The van der Waals surface area contributed by atoms with E-state index in [1.807, 2.05) is 6.92 Å². The van der Waals surface area contributed by atoms with E-state index in [4.69, 9.17) is 4.74 Å². The van der Waals surface area contributed by atoms with Crippen LogP contribution in [0.2, 0.25) is 0 Å². The fourth-order valence-electron chi connectivity index (χ4n) is 1.33. The Kier molecular flexibility index (Phi) is 4.95. The van der Waals surface area contributed by atoms with Gasteiger partial charge in [0.05, 0.1) is 0 Å². The molecule has 0 aliphatic carbocycles. The molecule has 1 unspecified atom stereocenters. The minimum absolute atomic E-state index is 0.00225. The Morgan fingerprint density at radius 3 is 2.56 bits per heavy atom. The molecule has 0 aliphatic heterocycles. The first-order valence-electron chi connectivity index (χ1n) is 5.75. The van der Waals surface area contributed by atoms with E-state index in [0.29, 0.717) is 12.2 Å². The molecule has 1 aromatic heterocycles. The molecule has 0 spiro atoms. The van der Waals surface area contributed by atoms with Gasteiger partial charge in [0, 0.05) is 18.3 Å². The normalized spacial score (nSPS) is 13.4. The van der Waals surface area contributed by atoms with Crippen molar-refractivity contribution in [2.75, 3.05) is 6.54 Å². The molecule has 0 bridgehead atoms. The zero-order valence-electron chi connectivity index (χ0n) is 10.6. The summed E-state index contributed by atoms with van der Waals surface area (Å²) in [7, 11) is 0. The average Bonchev–Trinajstić information content (AvgIpc) is 2.26. The first kappa shape index (κ1) is 14.8. The maximum Gasteiger partial charge on any atom is 0.425 e. The Balaban J connectivity index is 2.72. The third-order valence-corrected chi connectivity index (χ3v) is 2.49. The zero-order valence-corrected chi connectivity index (χ0v) is 10.6. The number of aromatic nitrogens is 1. The smallest absolute Gasteiger partial charge is 0.425 e. The summed E-state index contributed by atoms with van der Waals surface area (Å²) in [4.78, 5) is 4.02. The van der Waals surface area contributed by atoms with Gasteiger partial charge in [0.2, 0.25) is 5.88 Å². The van der Waals surface area contributed by atoms with Crippen LogP contribution in [0.5, 0.6) is 5.88 Å². The fourth-order valence-corrected chi connectivity index (χ4v) is 1.33. The quantitative estimate of drug-likeness (QED) is 0.886. The second-order valence-electron chi connectivity index (χ2n) is 3.98. The van der Waals surface area contributed by atoms with Crippen molar-refractivity contribution in [3.63, 3.8) is 0 Å². The molecule has 0 fully saturated rings. The third kappa shape index (κ3) is 4.18. The number of hydrogen-bond acceptors (Lipinski definition) is 3. The molecule has 0 saturated carbocycles. The van der Waals surface area contributed by atoms with E-state index in [9.17, 15) is 13.2 Å². The van der Waals surface area contributed by atoms with E-state index < -0.39 is 12.3 Å². The topological polar surface area (TPSA) is 34.1 Å². The summed E-state index contributed by atoms with van der Waals surface area (Å²) in [6, 6.07) is 3.19. The van der Waals surface area contributed by atoms with Gasteiger partial charge in [-0.15, -0.1) is 0 Å². The van der Waals surface area contributed by atoms with Crippen LogP contribution in [0.3, 0.4) is 0 Å². The molecular formula is C12H17F3N2O. The molecular weight excluding hydrogens is 245 g/mol. The molecule has 1 heterocycles. The molecule has 18 heavy (non-hydrogen) atoms. The molecule has 0 aliphatic rings. The minimum atomic E-state index is -4.38. The van der Waals surface area contributed by atoms with Crippen molar-refractivity contribution in [1.82, 2.24) is 10.3 Å². The Hall–Kier alpha value is -1.30. The Bertz CT molecular complexity index is 393. The second-order valence-corrected chi connectivity index (χ2v) is 3.98. The fraction of sp³-hybridized carbons (Fsp3) is 0.583. The highest BCUT2D eigenvalue weighted by Gasteiger charge is 2.38. The third-order valence-electron chi connectivity index (χ3n) is 2.49. The van der Waals surface area contributed by atoms with Crippen LogP contribution >= 0.6 is 0 Å². The van der Waals surface area contributed by atoms with E-state index in [1.165, 1.54) is 6.07 Å². The summed E-state index contributed by atoms with van der Waals surface area (Å²) in [5.74, 6) is -0.00225. The molecule has 1 N–H and O–H groups in total. The summed E-state index contributed by atoms with van der Waals surface area (Å²) >= 11 is 0. The summed E-state index contributed by atoms with van der Waals surface area (Å²) in [5, 5.41) is 3.13. The SMILES string of the molecule is CCNCc1ccc(OC(C)C(F)(F)F)nc1C. The van der Waals surface area contributed by atoms with Gasteiger partial charge in [-0.2, -0.15) is 13.2 Å². The lowest BCUT2D eigenvalue weighted by atomic mass is 10.2. The van der Waals surface area contributed by atoms with Gasteiger partial charge in [0.1, 0.15) is 0 Å². The largest absolute Gasteiger partial charge is 0.465 e. The lowest BCUT2D eigenvalue weighted by Crippen LogP contribution is -2.31. The van der Waals surface area contributed by atoms with Gasteiger partial charge in [-0.3, -0.25) is 0 Å². The lowest BCUT2D eigenvalue weighted by molar-refractivity contribution is -0.190. The summed E-state index contributed by atoms with van der Waals surface area (Å²) < 4.78 is 41.7. The summed E-state index contributed by atoms with van der Waals surface area (Å²) in [6.45, 7) is 6.15. The van der Waals surface area contributed by atoms with Crippen LogP contribution in [-0.4, -0.2) is 23.8 Å². The Morgan fingerprint density at radius 1 is 1.39 bits per heavy atom. The number of halogens is 3. The summed E-state index contributed by atoms with van der Waals surface area (Å²) in [5.41, 5.74) is 1.62. The standard InChI is InChI=1S/C12H17F3N2O/c1-4-16-7-10-5-6-11(17-8(10)2)18-9(3)12(13,14)15/h5-6,9,16H,4,7H2,1-3H3. The van der Waals surface area contributed by atoms with Crippen LogP contribution in [0.1, 0.15) is 25.1 Å². The van der Waals surface area contributed by atoms with E-state index >= 15 is 0 Å². The maximum absolute atomic E-state index is 12.3. The van der Waals surface area contributed by atoms with Gasteiger partial charge in [-0.1, -0.05) is 13.0 Å². The van der Waals surface area contributed by atoms with Crippen molar-refractivity contribution < 1.29 is 17.9 Å². The number of rotatable bonds is 5. The molecule has 0 saturated heterocycles. The van der Waals surface area contributed by atoms with Crippen molar-refractivity contribution in [2.45, 2.75) is 39.6 Å². The highest BCUT2D eigenvalue weighted by Crippen LogP contribution is 2.24. The molecule has 1 aromatic rings. The van der Waals surface area contributed by atoms with Crippen molar-refractivity contribution in [1.29, 1.82) is 0 Å². The second kappa shape index (κ2) is 6.04. The van der Waals surface area contributed by atoms with Crippen LogP contribution < -0.4 is 10.1 Å². The van der Waals surface area contributed by atoms with Crippen LogP contribution in [-0.2, 0) is 6.54 Å². The highest BCUT2D eigenvalue weighted by molar-refractivity contribution is 5.25. The van der Waals surface area contributed by atoms with Crippen molar-refractivity contribution in [2.24, 2.45) is 0 Å². The lowest BCUT2D eigenvalue weighted by Gasteiger charge is -2.17. The molecule has 102 valence electrons. The van der Waals surface area contributed by atoms with Crippen molar-refractivity contribution in [3.05, 3.63) is 23.4 Å². The van der Waals surface area contributed by atoms with E-state index in [-0.39, 0.29) is 5.88 Å². The molecule has 1 atom stereocenters. The monoisotopic (exact) mass is 262 g/mol. The van der Waals surface area contributed by atoms with Gasteiger partial charge in [0.15, 0.2) is 6.10 Å². The van der Waals surface area contributed by atoms with Crippen LogP contribution in [0.15, 0.2) is 12.1 Å². The first-order chi connectivity index (χ1) is 8.34. The van der Waals surface area contributed by atoms with Gasteiger partial charge in [0.25, 0.3) is 0 Å². The summed E-state index contributed by atoms with van der Waals surface area (Å²) in [6.07, 6.45) is -6.23. The van der Waals surface area contributed by atoms with Gasteiger partial charge >= 0.3 is 6.18 Å². The van der Waals surface area contributed by atoms with Crippen LogP contribution in [0.25, 0.3) is 0 Å². The van der Waals surface area contributed by atoms with E-state index in [1.54, 1.807) is 13.0 Å². The van der Waals surface area contributed by atoms with Gasteiger partial charge in [-0.25, -0.2) is 4.98 Å². The number of nitrogens with zero attached hydrogens (tertiary/aromatic N) is 1. The first-order valence-corrected chi connectivity index (χ1v) is 5.75. The van der Waals surface area contributed by atoms with E-state index in [2.05, 4.69) is 10.3 Å². The maximum atomic E-state index is 12.3. The highest BCUT2D eigenvalue weighted by atomic mass is 19.4. The predicted molar refractivity (Wildman–Crippen MR) is 62.5 cm³/mol. The predicted octanol–water partition coefficient (Wildman–Crippen LogP) is 2.83. The van der Waals surface area contributed by atoms with Crippen molar-refractivity contribution >= 4 is 0 Å². The Labute approximate surface area is 104 Å². The van der Waals surface area contributed by atoms with Gasteiger partial charge in [-0.05, 0) is 26.0 Å². The average molecular weight is 262 g/mol. The number of hydrogen-bond donors (Lipinski definition) is 1. The zero-order chi connectivity index (χ0) is 13.8. The molecule has 0 aromatic carbocycles. The number of aryl methyl sites for hydroxylation is 1. The number of ether oxygens (including phenoxy) is 1. The molecule has 3 nitrogen and oxygen atoms in total. The van der Waals surface area contributed by atoms with Gasteiger partial charge < -0.3 is 10.1 Å². The number of nitrogens with one attached hydrogen (secondary N) is 1. The molecule has 0 amide bonds. The molecule has 0 radical (unpaired) electrons. The van der Waals surface area contributed by atoms with E-state index in [0.717, 1.165) is 19.0 Å². The minimum Gasteiger partial charge on any atom is -0.465 e.